The molecule has 0 spiro atoms. The third kappa shape index (κ3) is 5.95. The van der Waals surface area contributed by atoms with Crippen molar-refractivity contribution in [3.8, 4) is 17.1 Å². The molecule has 1 saturated heterocycles. The van der Waals surface area contributed by atoms with E-state index in [0.29, 0.717) is 11.2 Å². The van der Waals surface area contributed by atoms with Gasteiger partial charge < -0.3 is 19.7 Å². The number of halogens is 2. The van der Waals surface area contributed by atoms with Gasteiger partial charge in [0.15, 0.2) is 11.3 Å². The van der Waals surface area contributed by atoms with Crippen LogP contribution in [0.3, 0.4) is 0 Å². The van der Waals surface area contributed by atoms with Crippen LogP contribution in [0.15, 0.2) is 59.6 Å². The molecule has 0 bridgehead atoms. The Hall–Kier alpha value is -3.67. The third-order valence-corrected chi connectivity index (χ3v) is 8.83. The van der Waals surface area contributed by atoms with Crippen LogP contribution >= 0.6 is 11.6 Å². The SMILES string of the molecule is CC1CN(c2cccc(-c3ccc4cnc(CNC(=O)c5cc(Cl)c6c(c5)S(=O)C(F)CCO6)cc4n3)n2)CC(C)O1. The van der Waals surface area contributed by atoms with Crippen molar-refractivity contribution in [2.75, 3.05) is 24.6 Å². The fraction of sp³-hybridized carbons (Fsp3) is 0.333. The molecule has 4 aromatic rings. The van der Waals surface area contributed by atoms with E-state index in [0.717, 1.165) is 35.7 Å². The summed E-state index contributed by atoms with van der Waals surface area (Å²) in [6.45, 7) is 5.84. The number of nitrogens with zero attached hydrogens (tertiary/aromatic N) is 4. The zero-order chi connectivity index (χ0) is 29.4. The standard InChI is InChI=1S/C30H29ClFN5O4S/c1-17-15-37(16-18(2)41-17)28-5-3-4-23(36-28)24-7-6-19-13-33-21(12-25(19)35-24)14-34-30(38)20-10-22(31)29-26(11-20)42(39)27(32)8-9-40-29/h3-7,10-13,17-18,27H,8-9,14-16H2,1-2H3,(H,34,38). The number of pyridine rings is 3. The van der Waals surface area contributed by atoms with Crippen molar-refractivity contribution in [2.24, 2.45) is 0 Å². The maximum Gasteiger partial charge on any atom is 0.251 e. The minimum Gasteiger partial charge on any atom is -0.491 e. The molecule has 6 rings (SSSR count). The Bertz CT molecular complexity index is 1680. The molecule has 1 N–H and O–H groups in total. The molecule has 218 valence electrons. The first-order chi connectivity index (χ1) is 20.2. The molecular formula is C30H29ClFN5O4S. The number of benzene rings is 1. The van der Waals surface area contributed by atoms with Gasteiger partial charge in [0.05, 0.1) is 68.7 Å². The predicted octanol–water partition coefficient (Wildman–Crippen LogP) is 5.07. The number of aromatic nitrogens is 3. The average molecular weight is 610 g/mol. The molecule has 0 radical (unpaired) electrons. The Balaban J connectivity index is 1.20. The predicted molar refractivity (Wildman–Crippen MR) is 159 cm³/mol. The second kappa shape index (κ2) is 11.9. The summed E-state index contributed by atoms with van der Waals surface area (Å²) in [6, 6.07) is 14.4. The number of hydrogen-bond acceptors (Lipinski definition) is 8. The van der Waals surface area contributed by atoms with Gasteiger partial charge in [-0.25, -0.2) is 14.4 Å². The van der Waals surface area contributed by atoms with Crippen LogP contribution in [-0.4, -0.2) is 62.5 Å². The van der Waals surface area contributed by atoms with Gasteiger partial charge in [0.1, 0.15) is 5.82 Å². The summed E-state index contributed by atoms with van der Waals surface area (Å²) in [7, 11) is -1.98. The number of ether oxygens (including phenoxy) is 2. The molecule has 2 aliphatic heterocycles. The molecule has 4 atom stereocenters. The van der Waals surface area contributed by atoms with E-state index < -0.39 is 22.2 Å². The molecule has 0 saturated carbocycles. The maximum atomic E-state index is 14.2. The van der Waals surface area contributed by atoms with Crippen LogP contribution in [0.5, 0.6) is 5.75 Å². The van der Waals surface area contributed by atoms with Crippen LogP contribution in [0.25, 0.3) is 22.3 Å². The van der Waals surface area contributed by atoms with Crippen LogP contribution in [0, 0.1) is 0 Å². The first kappa shape index (κ1) is 28.4. The molecule has 1 fully saturated rings. The van der Waals surface area contributed by atoms with Gasteiger partial charge >= 0.3 is 0 Å². The highest BCUT2D eigenvalue weighted by molar-refractivity contribution is 7.85. The molecule has 4 unspecified atom stereocenters. The quantitative estimate of drug-likeness (QED) is 0.334. The van der Waals surface area contributed by atoms with Gasteiger partial charge in [-0.2, -0.15) is 0 Å². The van der Waals surface area contributed by atoms with Crippen LogP contribution in [-0.2, 0) is 22.1 Å². The fourth-order valence-corrected chi connectivity index (χ4v) is 6.67. The number of fused-ring (bicyclic) bond motifs is 2. The maximum absolute atomic E-state index is 14.2. The van der Waals surface area contributed by atoms with Gasteiger partial charge in [0, 0.05) is 36.7 Å². The Morgan fingerprint density at radius 3 is 2.71 bits per heavy atom. The van der Waals surface area contributed by atoms with E-state index in [-0.39, 0.29) is 53.0 Å². The van der Waals surface area contributed by atoms with Gasteiger partial charge in [0.25, 0.3) is 5.91 Å². The summed E-state index contributed by atoms with van der Waals surface area (Å²) in [5.74, 6) is 0.566. The number of rotatable bonds is 5. The first-order valence-electron chi connectivity index (χ1n) is 13.7. The molecule has 2 aliphatic rings. The molecular weight excluding hydrogens is 581 g/mol. The zero-order valence-corrected chi connectivity index (χ0v) is 24.6. The highest BCUT2D eigenvalue weighted by Crippen LogP contribution is 2.37. The van der Waals surface area contributed by atoms with Gasteiger partial charge in [0.2, 0.25) is 0 Å². The Kier molecular flexibility index (Phi) is 8.06. The molecule has 3 aromatic heterocycles. The van der Waals surface area contributed by atoms with Crippen molar-refractivity contribution in [3.05, 3.63) is 71.0 Å². The lowest BCUT2D eigenvalue weighted by atomic mass is 10.1. The zero-order valence-electron chi connectivity index (χ0n) is 23.0. The Morgan fingerprint density at radius 2 is 1.90 bits per heavy atom. The smallest absolute Gasteiger partial charge is 0.251 e. The van der Waals surface area contributed by atoms with E-state index in [1.54, 1.807) is 6.20 Å². The first-order valence-corrected chi connectivity index (χ1v) is 15.3. The van der Waals surface area contributed by atoms with Crippen LogP contribution < -0.4 is 15.0 Å². The summed E-state index contributed by atoms with van der Waals surface area (Å²) in [4.78, 5) is 29.4. The number of anilines is 1. The van der Waals surface area contributed by atoms with E-state index in [1.165, 1.54) is 12.1 Å². The summed E-state index contributed by atoms with van der Waals surface area (Å²) in [6.07, 6.45) is 1.93. The lowest BCUT2D eigenvalue weighted by molar-refractivity contribution is -0.00545. The largest absolute Gasteiger partial charge is 0.491 e. The van der Waals surface area contributed by atoms with Crippen molar-refractivity contribution >= 4 is 45.0 Å². The fourth-order valence-electron chi connectivity index (χ4n) is 5.16. The molecule has 12 heteroatoms. The van der Waals surface area contributed by atoms with Crippen molar-refractivity contribution in [3.63, 3.8) is 0 Å². The minimum absolute atomic E-state index is 0.0174. The van der Waals surface area contributed by atoms with Gasteiger partial charge in [-0.1, -0.05) is 17.7 Å². The van der Waals surface area contributed by atoms with E-state index in [1.807, 2.05) is 36.4 Å². The normalized spacial score (nSPS) is 22.2. The number of morpholine rings is 1. The van der Waals surface area contributed by atoms with Gasteiger partial charge in [-0.05, 0) is 56.3 Å². The summed E-state index contributed by atoms with van der Waals surface area (Å²) >= 11 is 6.30. The monoisotopic (exact) mass is 609 g/mol. The molecule has 5 heterocycles. The van der Waals surface area contributed by atoms with Crippen molar-refractivity contribution in [2.45, 2.75) is 49.4 Å². The molecule has 0 aliphatic carbocycles. The molecule has 42 heavy (non-hydrogen) atoms. The van der Waals surface area contributed by atoms with Crippen molar-refractivity contribution in [1.82, 2.24) is 20.3 Å². The number of amides is 1. The summed E-state index contributed by atoms with van der Waals surface area (Å²) in [5.41, 5.74) is 1.34. The van der Waals surface area contributed by atoms with Gasteiger partial charge in [-0.15, -0.1) is 0 Å². The lowest BCUT2D eigenvalue weighted by Gasteiger charge is -2.36. The highest BCUT2D eigenvalue weighted by atomic mass is 35.5. The van der Waals surface area contributed by atoms with Crippen LogP contribution in [0.4, 0.5) is 10.2 Å². The average Bonchev–Trinajstić information content (AvgIpc) is 3.13. The van der Waals surface area contributed by atoms with E-state index in [2.05, 4.69) is 29.0 Å². The third-order valence-electron chi connectivity index (χ3n) is 7.11. The van der Waals surface area contributed by atoms with E-state index in [4.69, 9.17) is 31.0 Å². The second-order valence-electron chi connectivity index (χ2n) is 10.4. The summed E-state index contributed by atoms with van der Waals surface area (Å²) in [5, 5.41) is 3.76. The molecule has 9 nitrogen and oxygen atoms in total. The van der Waals surface area contributed by atoms with Crippen molar-refractivity contribution in [1.29, 1.82) is 0 Å². The van der Waals surface area contributed by atoms with Gasteiger partial charge in [-0.3, -0.25) is 14.0 Å². The Labute approximate surface area is 249 Å². The molecule has 1 aromatic carbocycles. The highest BCUT2D eigenvalue weighted by Gasteiger charge is 2.28. The number of hydrogen-bond donors (Lipinski definition) is 1. The number of alkyl halides is 1. The number of carbonyl (C=O) groups excluding carboxylic acids is 1. The molecule has 1 amide bonds. The van der Waals surface area contributed by atoms with E-state index >= 15 is 0 Å². The minimum atomic E-state index is -1.98. The Morgan fingerprint density at radius 1 is 1.12 bits per heavy atom. The number of carbonyl (C=O) groups is 1. The summed E-state index contributed by atoms with van der Waals surface area (Å²) < 4.78 is 38.1. The van der Waals surface area contributed by atoms with Crippen LogP contribution in [0.1, 0.15) is 36.3 Å². The topological polar surface area (TPSA) is 107 Å². The lowest BCUT2D eigenvalue weighted by Crippen LogP contribution is -2.45. The second-order valence-corrected chi connectivity index (χ2v) is 12.4. The van der Waals surface area contributed by atoms with E-state index in [9.17, 15) is 13.4 Å². The van der Waals surface area contributed by atoms with Crippen molar-refractivity contribution < 1.29 is 22.9 Å². The van der Waals surface area contributed by atoms with Crippen LogP contribution in [0.2, 0.25) is 5.02 Å². The number of nitrogens with one attached hydrogen (secondary N) is 1.